The molecule has 1 saturated heterocycles. The number of β-amino-alcohol motifs (C(OH)–C–C–N with tert-alkyl or cyclic N) is 1. The van der Waals surface area contributed by atoms with Crippen molar-refractivity contribution in [3.05, 3.63) is 35.4 Å². The van der Waals surface area contributed by atoms with Crippen molar-refractivity contribution in [2.75, 3.05) is 13.1 Å². The van der Waals surface area contributed by atoms with Gasteiger partial charge in [0.1, 0.15) is 11.6 Å². The minimum atomic E-state index is -0.700. The van der Waals surface area contributed by atoms with Gasteiger partial charge in [0, 0.05) is 24.7 Å². The van der Waals surface area contributed by atoms with E-state index in [9.17, 15) is 13.9 Å². The van der Waals surface area contributed by atoms with Crippen LogP contribution in [-0.2, 0) is 6.54 Å². The molecule has 0 aromatic heterocycles. The SMILES string of the molecule is CC1(O)CCCN(Cc2ccc(F)cc2F)C1. The summed E-state index contributed by atoms with van der Waals surface area (Å²) in [7, 11) is 0. The molecular formula is C13H17F2NO. The molecule has 1 aliphatic heterocycles. The average Bonchev–Trinajstić information content (AvgIpc) is 2.21. The minimum Gasteiger partial charge on any atom is -0.389 e. The molecule has 0 bridgehead atoms. The summed E-state index contributed by atoms with van der Waals surface area (Å²) in [5, 5.41) is 9.94. The number of piperidine rings is 1. The first kappa shape index (κ1) is 12.5. The molecule has 1 aromatic carbocycles. The predicted octanol–water partition coefficient (Wildman–Crippen LogP) is 2.31. The van der Waals surface area contributed by atoms with Crippen molar-refractivity contribution in [2.24, 2.45) is 0 Å². The highest BCUT2D eigenvalue weighted by Crippen LogP contribution is 2.22. The zero-order chi connectivity index (χ0) is 12.5. The maximum atomic E-state index is 13.5. The van der Waals surface area contributed by atoms with Crippen molar-refractivity contribution in [3.8, 4) is 0 Å². The summed E-state index contributed by atoms with van der Waals surface area (Å²) in [5.74, 6) is -1.08. The number of hydrogen-bond acceptors (Lipinski definition) is 2. The lowest BCUT2D eigenvalue weighted by Crippen LogP contribution is -2.45. The van der Waals surface area contributed by atoms with Gasteiger partial charge in [0.05, 0.1) is 5.60 Å². The molecule has 4 heteroatoms. The quantitative estimate of drug-likeness (QED) is 0.859. The molecule has 0 amide bonds. The van der Waals surface area contributed by atoms with Gasteiger partial charge < -0.3 is 5.11 Å². The second kappa shape index (κ2) is 4.70. The van der Waals surface area contributed by atoms with Gasteiger partial charge in [-0.05, 0) is 32.4 Å². The standard InChI is InChI=1S/C13H17F2NO/c1-13(17)5-2-6-16(9-13)8-10-3-4-11(14)7-12(10)15/h3-4,7,17H,2,5-6,8-9H2,1H3. The molecule has 1 N–H and O–H groups in total. The lowest BCUT2D eigenvalue weighted by Gasteiger charge is -2.36. The van der Waals surface area contributed by atoms with Crippen molar-refractivity contribution >= 4 is 0 Å². The van der Waals surface area contributed by atoms with E-state index < -0.39 is 17.2 Å². The molecule has 1 unspecified atom stereocenters. The number of nitrogens with zero attached hydrogens (tertiary/aromatic N) is 1. The van der Waals surface area contributed by atoms with Crippen molar-refractivity contribution in [1.82, 2.24) is 4.90 Å². The van der Waals surface area contributed by atoms with E-state index in [-0.39, 0.29) is 0 Å². The lowest BCUT2D eigenvalue weighted by atomic mass is 9.95. The van der Waals surface area contributed by atoms with Crippen LogP contribution in [0.15, 0.2) is 18.2 Å². The van der Waals surface area contributed by atoms with Crippen LogP contribution in [0.25, 0.3) is 0 Å². The van der Waals surface area contributed by atoms with Crippen molar-refractivity contribution in [3.63, 3.8) is 0 Å². The molecule has 1 fully saturated rings. The van der Waals surface area contributed by atoms with Gasteiger partial charge in [-0.25, -0.2) is 8.78 Å². The van der Waals surface area contributed by atoms with Crippen molar-refractivity contribution in [1.29, 1.82) is 0 Å². The molecule has 0 aliphatic carbocycles. The van der Waals surface area contributed by atoms with Gasteiger partial charge in [0.25, 0.3) is 0 Å². The third kappa shape index (κ3) is 3.23. The Morgan fingerprint density at radius 1 is 1.41 bits per heavy atom. The first-order valence-corrected chi connectivity index (χ1v) is 5.85. The van der Waals surface area contributed by atoms with Gasteiger partial charge in [-0.2, -0.15) is 0 Å². The van der Waals surface area contributed by atoms with Gasteiger partial charge in [0.2, 0.25) is 0 Å². The minimum absolute atomic E-state index is 0.419. The number of halogens is 2. The Morgan fingerprint density at radius 2 is 2.18 bits per heavy atom. The second-order valence-corrected chi connectivity index (χ2v) is 5.05. The largest absolute Gasteiger partial charge is 0.389 e. The zero-order valence-corrected chi connectivity index (χ0v) is 9.92. The molecule has 1 heterocycles. The first-order chi connectivity index (χ1) is 7.96. The summed E-state index contributed by atoms with van der Waals surface area (Å²) < 4.78 is 26.2. The highest BCUT2D eigenvalue weighted by Gasteiger charge is 2.28. The summed E-state index contributed by atoms with van der Waals surface area (Å²) in [4.78, 5) is 2.00. The molecule has 1 aliphatic rings. The molecule has 2 rings (SSSR count). The molecule has 0 saturated carbocycles. The number of aliphatic hydroxyl groups is 1. The Balaban J connectivity index is 2.05. The summed E-state index contributed by atoms with van der Waals surface area (Å²) in [6, 6.07) is 3.63. The normalized spacial score (nSPS) is 26.1. The van der Waals surface area contributed by atoms with Crippen LogP contribution in [0.1, 0.15) is 25.3 Å². The van der Waals surface area contributed by atoms with Gasteiger partial charge in [-0.15, -0.1) is 0 Å². The van der Waals surface area contributed by atoms with Crippen LogP contribution in [-0.4, -0.2) is 28.7 Å². The zero-order valence-electron chi connectivity index (χ0n) is 9.92. The maximum absolute atomic E-state index is 13.5. The Bertz CT molecular complexity index is 406. The molecular weight excluding hydrogens is 224 g/mol. The molecule has 1 atom stereocenters. The number of rotatable bonds is 2. The fourth-order valence-corrected chi connectivity index (χ4v) is 2.35. The summed E-state index contributed by atoms with van der Waals surface area (Å²) >= 11 is 0. The van der Waals surface area contributed by atoms with E-state index in [1.165, 1.54) is 12.1 Å². The molecule has 2 nitrogen and oxygen atoms in total. The first-order valence-electron chi connectivity index (χ1n) is 5.85. The second-order valence-electron chi connectivity index (χ2n) is 5.05. The highest BCUT2D eigenvalue weighted by atomic mass is 19.1. The van der Waals surface area contributed by atoms with Gasteiger partial charge in [-0.3, -0.25) is 4.90 Å². The summed E-state index contributed by atoms with van der Waals surface area (Å²) in [5.41, 5.74) is -0.224. The topological polar surface area (TPSA) is 23.5 Å². The third-order valence-electron chi connectivity index (χ3n) is 3.16. The fraction of sp³-hybridized carbons (Fsp3) is 0.538. The van der Waals surface area contributed by atoms with Gasteiger partial charge in [0.15, 0.2) is 0 Å². The smallest absolute Gasteiger partial charge is 0.130 e. The molecule has 1 aromatic rings. The van der Waals surface area contributed by atoms with Crippen LogP contribution in [0.3, 0.4) is 0 Å². The van der Waals surface area contributed by atoms with E-state index in [0.717, 1.165) is 25.5 Å². The summed E-state index contributed by atoms with van der Waals surface area (Å²) in [6.45, 7) is 3.58. The molecule has 94 valence electrons. The van der Waals surface area contributed by atoms with E-state index in [1.807, 2.05) is 4.90 Å². The van der Waals surface area contributed by atoms with E-state index in [2.05, 4.69) is 0 Å². The molecule has 0 spiro atoms. The van der Waals surface area contributed by atoms with E-state index in [0.29, 0.717) is 18.7 Å². The van der Waals surface area contributed by atoms with E-state index in [1.54, 1.807) is 6.92 Å². The average molecular weight is 241 g/mol. The van der Waals surface area contributed by atoms with Crippen LogP contribution in [0, 0.1) is 11.6 Å². The molecule has 17 heavy (non-hydrogen) atoms. The monoisotopic (exact) mass is 241 g/mol. The van der Waals surface area contributed by atoms with Crippen molar-refractivity contribution in [2.45, 2.75) is 31.9 Å². The Hall–Kier alpha value is -1.00. The lowest BCUT2D eigenvalue weighted by molar-refractivity contribution is -0.0184. The van der Waals surface area contributed by atoms with Gasteiger partial charge >= 0.3 is 0 Å². The van der Waals surface area contributed by atoms with E-state index in [4.69, 9.17) is 0 Å². The Morgan fingerprint density at radius 3 is 2.82 bits per heavy atom. The van der Waals surface area contributed by atoms with Crippen molar-refractivity contribution < 1.29 is 13.9 Å². The fourth-order valence-electron chi connectivity index (χ4n) is 2.35. The summed E-state index contributed by atoms with van der Waals surface area (Å²) in [6.07, 6.45) is 1.67. The van der Waals surface area contributed by atoms with Crippen LogP contribution >= 0.6 is 0 Å². The van der Waals surface area contributed by atoms with Crippen LogP contribution in [0.4, 0.5) is 8.78 Å². The number of benzene rings is 1. The predicted molar refractivity (Wildman–Crippen MR) is 61.5 cm³/mol. The maximum Gasteiger partial charge on any atom is 0.130 e. The van der Waals surface area contributed by atoms with Crippen LogP contribution in [0.5, 0.6) is 0 Å². The van der Waals surface area contributed by atoms with E-state index >= 15 is 0 Å². The third-order valence-corrected chi connectivity index (χ3v) is 3.16. The Labute approximate surface area is 99.9 Å². The Kier molecular flexibility index (Phi) is 3.45. The number of likely N-dealkylation sites (tertiary alicyclic amines) is 1. The van der Waals surface area contributed by atoms with Gasteiger partial charge in [-0.1, -0.05) is 6.07 Å². The molecule has 0 radical (unpaired) electrons. The number of hydrogen-bond donors (Lipinski definition) is 1. The highest BCUT2D eigenvalue weighted by molar-refractivity contribution is 5.18. The van der Waals surface area contributed by atoms with Crippen LogP contribution < -0.4 is 0 Å². The van der Waals surface area contributed by atoms with Crippen LogP contribution in [0.2, 0.25) is 0 Å².